The Morgan fingerprint density at radius 3 is 2.87 bits per heavy atom. The maximum absolute atomic E-state index is 12.9. The van der Waals surface area contributed by atoms with Crippen LogP contribution in [-0.2, 0) is 5.75 Å². The van der Waals surface area contributed by atoms with Gasteiger partial charge in [0.2, 0.25) is 11.0 Å². The van der Waals surface area contributed by atoms with Gasteiger partial charge in [0.25, 0.3) is 5.78 Å². The molecule has 0 aliphatic heterocycles. The lowest BCUT2D eigenvalue weighted by Gasteiger charge is -1.94. The molecule has 8 heteroatoms. The predicted molar refractivity (Wildman–Crippen MR) is 82.2 cm³/mol. The highest BCUT2D eigenvalue weighted by Gasteiger charge is 2.10. The van der Waals surface area contributed by atoms with Gasteiger partial charge in [-0.1, -0.05) is 11.8 Å². The van der Waals surface area contributed by atoms with Crippen molar-refractivity contribution in [3.8, 4) is 11.5 Å². The number of aromatic nitrogens is 5. The molecule has 0 atom stereocenters. The van der Waals surface area contributed by atoms with Crippen LogP contribution < -0.4 is 0 Å². The SMILES string of the molecule is Fc1ccc(-c2nc(CSc3nc4ncccn4n3)co2)cc1. The second-order valence-corrected chi connectivity index (χ2v) is 5.64. The summed E-state index contributed by atoms with van der Waals surface area (Å²) < 4.78 is 20.0. The molecule has 0 aliphatic carbocycles. The van der Waals surface area contributed by atoms with Crippen molar-refractivity contribution in [2.75, 3.05) is 0 Å². The van der Waals surface area contributed by atoms with Crippen molar-refractivity contribution in [2.45, 2.75) is 10.9 Å². The highest BCUT2D eigenvalue weighted by Crippen LogP contribution is 2.23. The molecule has 3 aromatic heterocycles. The normalized spacial score (nSPS) is 11.2. The Labute approximate surface area is 134 Å². The first-order valence-corrected chi connectivity index (χ1v) is 7.77. The zero-order valence-electron chi connectivity index (χ0n) is 11.8. The van der Waals surface area contributed by atoms with Gasteiger partial charge in [-0.25, -0.2) is 18.9 Å². The molecule has 0 fully saturated rings. The Hall–Kier alpha value is -2.74. The number of oxazole rings is 1. The van der Waals surface area contributed by atoms with Crippen LogP contribution in [0.1, 0.15) is 5.69 Å². The quantitative estimate of drug-likeness (QED) is 0.536. The molecule has 0 saturated carbocycles. The van der Waals surface area contributed by atoms with Crippen molar-refractivity contribution in [1.82, 2.24) is 24.6 Å². The Bertz CT molecular complexity index is 917. The molecule has 6 nitrogen and oxygen atoms in total. The monoisotopic (exact) mass is 327 g/mol. The van der Waals surface area contributed by atoms with E-state index in [0.717, 1.165) is 11.3 Å². The van der Waals surface area contributed by atoms with Crippen molar-refractivity contribution in [3.05, 3.63) is 60.5 Å². The Morgan fingerprint density at radius 1 is 1.17 bits per heavy atom. The van der Waals surface area contributed by atoms with Crippen molar-refractivity contribution in [3.63, 3.8) is 0 Å². The summed E-state index contributed by atoms with van der Waals surface area (Å²) in [4.78, 5) is 12.8. The van der Waals surface area contributed by atoms with Crippen molar-refractivity contribution in [2.24, 2.45) is 0 Å². The third-order valence-electron chi connectivity index (χ3n) is 3.09. The molecule has 0 spiro atoms. The van der Waals surface area contributed by atoms with Gasteiger partial charge < -0.3 is 4.42 Å². The molecule has 114 valence electrons. The molecule has 0 N–H and O–H groups in total. The van der Waals surface area contributed by atoms with Gasteiger partial charge in [0.05, 0.1) is 5.69 Å². The average Bonchev–Trinajstić information content (AvgIpc) is 3.20. The molecule has 0 aliphatic rings. The molecule has 0 unspecified atom stereocenters. The molecule has 0 saturated heterocycles. The number of thioether (sulfide) groups is 1. The van der Waals surface area contributed by atoms with E-state index in [-0.39, 0.29) is 5.82 Å². The fourth-order valence-corrected chi connectivity index (χ4v) is 2.71. The summed E-state index contributed by atoms with van der Waals surface area (Å²) in [5.41, 5.74) is 1.50. The molecule has 1 aromatic carbocycles. The van der Waals surface area contributed by atoms with E-state index in [1.165, 1.54) is 23.9 Å². The van der Waals surface area contributed by atoms with E-state index in [2.05, 4.69) is 20.1 Å². The van der Waals surface area contributed by atoms with Crippen molar-refractivity contribution < 1.29 is 8.81 Å². The van der Waals surface area contributed by atoms with Crippen LogP contribution in [0, 0.1) is 5.82 Å². The topological polar surface area (TPSA) is 69.1 Å². The smallest absolute Gasteiger partial charge is 0.253 e. The summed E-state index contributed by atoms with van der Waals surface area (Å²) in [6, 6.07) is 7.81. The van der Waals surface area contributed by atoms with Crippen LogP contribution in [0.3, 0.4) is 0 Å². The van der Waals surface area contributed by atoms with E-state index in [0.29, 0.717) is 22.6 Å². The molecular formula is C15H10FN5OS. The first kappa shape index (κ1) is 13.9. The lowest BCUT2D eigenvalue weighted by molar-refractivity contribution is 0.573. The molecule has 0 radical (unpaired) electrons. The standard InChI is InChI=1S/C15H10FN5OS/c16-11-4-2-10(3-5-11)13-18-12(8-22-13)9-23-15-19-14-17-6-1-7-21(14)20-15/h1-8H,9H2. The number of hydrogen-bond donors (Lipinski definition) is 0. The van der Waals surface area contributed by atoms with Gasteiger partial charge in [-0.05, 0) is 30.3 Å². The third kappa shape index (κ3) is 2.93. The predicted octanol–water partition coefficient (Wildman–Crippen LogP) is 3.21. The second kappa shape index (κ2) is 5.81. The van der Waals surface area contributed by atoms with Crippen LogP contribution in [-0.4, -0.2) is 24.6 Å². The summed E-state index contributed by atoms with van der Waals surface area (Å²) in [5, 5.41) is 4.93. The summed E-state index contributed by atoms with van der Waals surface area (Å²) in [7, 11) is 0. The number of nitrogens with zero attached hydrogens (tertiary/aromatic N) is 5. The first-order chi connectivity index (χ1) is 11.3. The van der Waals surface area contributed by atoms with Crippen LogP contribution in [0.25, 0.3) is 17.2 Å². The van der Waals surface area contributed by atoms with Crippen LogP contribution in [0.15, 0.2) is 58.6 Å². The highest BCUT2D eigenvalue weighted by molar-refractivity contribution is 7.98. The van der Waals surface area contributed by atoms with Gasteiger partial charge in [0, 0.05) is 23.7 Å². The van der Waals surface area contributed by atoms with E-state index in [9.17, 15) is 4.39 Å². The van der Waals surface area contributed by atoms with E-state index in [4.69, 9.17) is 4.42 Å². The Morgan fingerprint density at radius 2 is 2.04 bits per heavy atom. The van der Waals surface area contributed by atoms with E-state index < -0.39 is 0 Å². The highest BCUT2D eigenvalue weighted by atomic mass is 32.2. The van der Waals surface area contributed by atoms with Gasteiger partial charge in [0.1, 0.15) is 12.1 Å². The number of benzene rings is 1. The molecule has 4 rings (SSSR count). The van der Waals surface area contributed by atoms with Crippen LogP contribution in [0.4, 0.5) is 4.39 Å². The lowest BCUT2D eigenvalue weighted by Crippen LogP contribution is -1.87. The van der Waals surface area contributed by atoms with Crippen LogP contribution >= 0.6 is 11.8 Å². The summed E-state index contributed by atoms with van der Waals surface area (Å²) >= 11 is 1.44. The average molecular weight is 327 g/mol. The van der Waals surface area contributed by atoms with Crippen LogP contribution in [0.5, 0.6) is 0 Å². The van der Waals surface area contributed by atoms with Gasteiger partial charge in [-0.15, -0.1) is 5.10 Å². The van der Waals surface area contributed by atoms with Gasteiger partial charge in [0.15, 0.2) is 0 Å². The summed E-state index contributed by atoms with van der Waals surface area (Å²) in [6.07, 6.45) is 5.05. The molecular weight excluding hydrogens is 317 g/mol. The molecule has 0 amide bonds. The molecule has 4 aromatic rings. The lowest BCUT2D eigenvalue weighted by atomic mass is 10.2. The van der Waals surface area contributed by atoms with E-state index >= 15 is 0 Å². The van der Waals surface area contributed by atoms with E-state index in [1.807, 2.05) is 0 Å². The minimum absolute atomic E-state index is 0.289. The fraction of sp³-hybridized carbons (Fsp3) is 0.0667. The largest absolute Gasteiger partial charge is 0.444 e. The fourth-order valence-electron chi connectivity index (χ4n) is 2.01. The minimum atomic E-state index is -0.289. The Balaban J connectivity index is 1.48. The number of hydrogen-bond acceptors (Lipinski definition) is 6. The number of fused-ring (bicyclic) bond motifs is 1. The van der Waals surface area contributed by atoms with Crippen molar-refractivity contribution in [1.29, 1.82) is 0 Å². The van der Waals surface area contributed by atoms with Gasteiger partial charge >= 0.3 is 0 Å². The molecule has 23 heavy (non-hydrogen) atoms. The first-order valence-electron chi connectivity index (χ1n) is 6.78. The third-order valence-corrected chi connectivity index (χ3v) is 3.96. The maximum atomic E-state index is 12.9. The zero-order chi connectivity index (χ0) is 15.6. The number of rotatable bonds is 4. The van der Waals surface area contributed by atoms with E-state index in [1.54, 1.807) is 41.4 Å². The molecule has 3 heterocycles. The summed E-state index contributed by atoms with van der Waals surface area (Å²) in [6.45, 7) is 0. The molecule has 0 bridgehead atoms. The zero-order valence-corrected chi connectivity index (χ0v) is 12.6. The van der Waals surface area contributed by atoms with Crippen LogP contribution in [0.2, 0.25) is 0 Å². The Kier molecular flexibility index (Phi) is 3.51. The maximum Gasteiger partial charge on any atom is 0.253 e. The minimum Gasteiger partial charge on any atom is -0.444 e. The summed E-state index contributed by atoms with van der Waals surface area (Å²) in [5.74, 6) is 1.30. The van der Waals surface area contributed by atoms with Crippen molar-refractivity contribution >= 4 is 17.5 Å². The number of halogens is 1. The van der Waals surface area contributed by atoms with Gasteiger partial charge in [-0.3, -0.25) is 0 Å². The second-order valence-electron chi connectivity index (χ2n) is 4.70. The van der Waals surface area contributed by atoms with Gasteiger partial charge in [-0.2, -0.15) is 4.98 Å².